The normalized spacial score (nSPS) is 17.7. The quantitative estimate of drug-likeness (QED) is 0.662. The molecule has 0 radical (unpaired) electrons. The van der Waals surface area contributed by atoms with Crippen LogP contribution in [0.5, 0.6) is 0 Å². The molecule has 0 heterocycles. The summed E-state index contributed by atoms with van der Waals surface area (Å²) < 4.78 is 15.5. The standard InChI is InChI=1S/C16H24NO5P/c18-16(14-9-5-2-6-10-14)17-15(12-22-23(19,20)21)11-13-7-3-1-4-8-13/h1,3-4,7-8,14-15H,2,5-6,9-12H2,(H,17,18)(H2,19,20,21). The van der Waals surface area contributed by atoms with Crippen molar-refractivity contribution >= 4 is 13.7 Å². The van der Waals surface area contributed by atoms with Crippen molar-refractivity contribution in [2.45, 2.75) is 44.6 Å². The fraction of sp³-hybridized carbons (Fsp3) is 0.562. The highest BCUT2D eigenvalue weighted by Crippen LogP contribution is 2.35. The fourth-order valence-electron chi connectivity index (χ4n) is 2.92. The third-order valence-corrected chi connectivity index (χ3v) is 4.58. The minimum absolute atomic E-state index is 0.00270. The summed E-state index contributed by atoms with van der Waals surface area (Å²) in [6.45, 7) is -0.211. The molecule has 1 atom stereocenters. The molecule has 0 bridgehead atoms. The first-order valence-corrected chi connectivity index (χ1v) is 9.51. The van der Waals surface area contributed by atoms with Crippen LogP contribution in [0.4, 0.5) is 0 Å². The van der Waals surface area contributed by atoms with Crippen molar-refractivity contribution in [3.05, 3.63) is 35.9 Å². The maximum atomic E-state index is 12.4. The lowest BCUT2D eigenvalue weighted by Crippen LogP contribution is -2.43. The zero-order valence-corrected chi connectivity index (χ0v) is 14.0. The first-order valence-electron chi connectivity index (χ1n) is 7.98. The van der Waals surface area contributed by atoms with Gasteiger partial charge < -0.3 is 15.1 Å². The van der Waals surface area contributed by atoms with E-state index in [9.17, 15) is 9.36 Å². The van der Waals surface area contributed by atoms with Crippen LogP contribution in [-0.4, -0.2) is 28.3 Å². The van der Waals surface area contributed by atoms with Crippen LogP contribution in [-0.2, 0) is 20.3 Å². The molecule has 6 nitrogen and oxygen atoms in total. The largest absolute Gasteiger partial charge is 0.469 e. The van der Waals surface area contributed by atoms with E-state index in [1.165, 1.54) is 6.42 Å². The van der Waals surface area contributed by atoms with E-state index in [2.05, 4.69) is 9.84 Å². The minimum Gasteiger partial charge on any atom is -0.350 e. The molecule has 0 aliphatic heterocycles. The van der Waals surface area contributed by atoms with Crippen molar-refractivity contribution < 1.29 is 23.7 Å². The lowest BCUT2D eigenvalue weighted by atomic mass is 9.88. The van der Waals surface area contributed by atoms with Crippen LogP contribution in [0.25, 0.3) is 0 Å². The number of benzene rings is 1. The minimum atomic E-state index is -4.55. The Labute approximate surface area is 136 Å². The molecule has 128 valence electrons. The smallest absolute Gasteiger partial charge is 0.350 e. The van der Waals surface area contributed by atoms with Crippen molar-refractivity contribution in [3.63, 3.8) is 0 Å². The van der Waals surface area contributed by atoms with E-state index in [1.54, 1.807) is 0 Å². The molecule has 1 saturated carbocycles. The summed E-state index contributed by atoms with van der Waals surface area (Å²) in [4.78, 5) is 30.1. The maximum absolute atomic E-state index is 12.4. The summed E-state index contributed by atoms with van der Waals surface area (Å²) in [5.41, 5.74) is 0.982. The van der Waals surface area contributed by atoms with Gasteiger partial charge in [-0.2, -0.15) is 0 Å². The molecule has 23 heavy (non-hydrogen) atoms. The summed E-state index contributed by atoms with van der Waals surface area (Å²) in [5.74, 6) is -0.0444. The van der Waals surface area contributed by atoms with E-state index in [0.29, 0.717) is 6.42 Å². The first kappa shape index (κ1) is 18.1. The molecule has 7 heteroatoms. The van der Waals surface area contributed by atoms with Crippen molar-refractivity contribution in [2.75, 3.05) is 6.61 Å². The van der Waals surface area contributed by atoms with E-state index >= 15 is 0 Å². The fourth-order valence-corrected chi connectivity index (χ4v) is 3.30. The Morgan fingerprint density at radius 1 is 1.22 bits per heavy atom. The number of hydrogen-bond acceptors (Lipinski definition) is 3. The van der Waals surface area contributed by atoms with E-state index in [1.807, 2.05) is 30.3 Å². The second-order valence-electron chi connectivity index (χ2n) is 6.02. The van der Waals surface area contributed by atoms with Gasteiger partial charge in [-0.3, -0.25) is 9.32 Å². The maximum Gasteiger partial charge on any atom is 0.469 e. The number of phosphoric ester groups is 1. The van der Waals surface area contributed by atoms with Crippen LogP contribution in [0.2, 0.25) is 0 Å². The molecule has 0 saturated heterocycles. The summed E-state index contributed by atoms with van der Waals surface area (Å²) in [6.07, 6.45) is 5.51. The van der Waals surface area contributed by atoms with Crippen LogP contribution in [0.15, 0.2) is 30.3 Å². The highest BCUT2D eigenvalue weighted by Gasteiger charge is 2.25. The zero-order valence-electron chi connectivity index (χ0n) is 13.1. The molecule has 1 aliphatic carbocycles. The van der Waals surface area contributed by atoms with Crippen molar-refractivity contribution in [1.82, 2.24) is 5.32 Å². The number of nitrogens with one attached hydrogen (secondary N) is 1. The molecule has 1 aromatic carbocycles. The van der Waals surface area contributed by atoms with Gasteiger partial charge in [0.15, 0.2) is 0 Å². The summed E-state index contributed by atoms with van der Waals surface area (Å²) in [7, 11) is -4.55. The number of rotatable bonds is 7. The van der Waals surface area contributed by atoms with E-state index in [4.69, 9.17) is 9.79 Å². The number of hydrogen-bond donors (Lipinski definition) is 3. The average Bonchev–Trinajstić information content (AvgIpc) is 2.54. The predicted octanol–water partition coefficient (Wildman–Crippen LogP) is 2.40. The van der Waals surface area contributed by atoms with E-state index in [0.717, 1.165) is 31.2 Å². The van der Waals surface area contributed by atoms with E-state index in [-0.39, 0.29) is 18.4 Å². The summed E-state index contributed by atoms with van der Waals surface area (Å²) in [6, 6.07) is 9.04. The Hall–Kier alpha value is -1.20. The van der Waals surface area contributed by atoms with Gasteiger partial charge in [-0.05, 0) is 24.8 Å². The van der Waals surface area contributed by atoms with Gasteiger partial charge >= 0.3 is 7.82 Å². The van der Waals surface area contributed by atoms with Gasteiger partial charge in [0.25, 0.3) is 0 Å². The highest BCUT2D eigenvalue weighted by atomic mass is 31.2. The molecule has 1 aliphatic rings. The van der Waals surface area contributed by atoms with Gasteiger partial charge in [0.05, 0.1) is 12.6 Å². The molecule has 0 spiro atoms. The molecular formula is C16H24NO5P. The van der Waals surface area contributed by atoms with Gasteiger partial charge in [0.2, 0.25) is 5.91 Å². The third-order valence-electron chi connectivity index (χ3n) is 4.09. The Bertz CT molecular complexity index is 539. The summed E-state index contributed by atoms with van der Waals surface area (Å²) >= 11 is 0. The van der Waals surface area contributed by atoms with Gasteiger partial charge in [0.1, 0.15) is 0 Å². The van der Waals surface area contributed by atoms with Crippen LogP contribution in [0.3, 0.4) is 0 Å². The number of amides is 1. The second kappa shape index (κ2) is 8.60. The Kier molecular flexibility index (Phi) is 6.78. The molecular weight excluding hydrogens is 317 g/mol. The number of carbonyl (C=O) groups is 1. The molecule has 1 amide bonds. The molecule has 1 fully saturated rings. The van der Waals surface area contributed by atoms with Crippen molar-refractivity contribution in [3.8, 4) is 0 Å². The first-order chi connectivity index (χ1) is 10.9. The second-order valence-corrected chi connectivity index (χ2v) is 7.26. The third kappa shape index (κ3) is 6.83. The Morgan fingerprint density at radius 2 is 1.87 bits per heavy atom. The lowest BCUT2D eigenvalue weighted by Gasteiger charge is -2.25. The topological polar surface area (TPSA) is 95.9 Å². The monoisotopic (exact) mass is 341 g/mol. The molecule has 1 unspecified atom stereocenters. The van der Waals surface area contributed by atoms with Gasteiger partial charge in [0, 0.05) is 5.92 Å². The van der Waals surface area contributed by atoms with Crippen molar-refractivity contribution in [1.29, 1.82) is 0 Å². The SMILES string of the molecule is O=C(NC(COP(=O)(O)O)Cc1ccccc1)C1CCCCC1. The van der Waals surface area contributed by atoms with Crippen LogP contribution in [0, 0.1) is 5.92 Å². The van der Waals surface area contributed by atoms with Crippen LogP contribution < -0.4 is 5.32 Å². The van der Waals surface area contributed by atoms with Crippen molar-refractivity contribution in [2.24, 2.45) is 5.92 Å². The van der Waals surface area contributed by atoms with Gasteiger partial charge in [-0.1, -0.05) is 49.6 Å². The highest BCUT2D eigenvalue weighted by molar-refractivity contribution is 7.46. The molecule has 1 aromatic rings. The number of phosphoric acid groups is 1. The van der Waals surface area contributed by atoms with Crippen LogP contribution in [0.1, 0.15) is 37.7 Å². The molecule has 3 N–H and O–H groups in total. The molecule has 2 rings (SSSR count). The predicted molar refractivity (Wildman–Crippen MR) is 86.6 cm³/mol. The van der Waals surface area contributed by atoms with Gasteiger partial charge in [-0.25, -0.2) is 4.57 Å². The van der Waals surface area contributed by atoms with E-state index < -0.39 is 13.9 Å². The Balaban J connectivity index is 1.96. The van der Waals surface area contributed by atoms with Crippen LogP contribution >= 0.6 is 7.82 Å². The summed E-state index contributed by atoms with van der Waals surface area (Å²) in [5, 5.41) is 2.90. The average molecular weight is 341 g/mol. The zero-order chi connectivity index (χ0) is 16.7. The molecule has 0 aromatic heterocycles. The lowest BCUT2D eigenvalue weighted by molar-refractivity contribution is -0.126. The Morgan fingerprint density at radius 3 is 2.48 bits per heavy atom. The number of carbonyl (C=O) groups excluding carboxylic acids is 1. The van der Waals surface area contributed by atoms with Gasteiger partial charge in [-0.15, -0.1) is 0 Å².